The molecule has 1 unspecified atom stereocenters. The Bertz CT molecular complexity index is 415. The number of hydrogen-bond acceptors (Lipinski definition) is 4. The number of nitrogens with zero attached hydrogens (tertiary/aromatic N) is 2. The van der Waals surface area contributed by atoms with Gasteiger partial charge in [-0.2, -0.15) is 0 Å². The zero-order valence-corrected chi connectivity index (χ0v) is 11.3. The molecular weight excluding hydrogens is 275 g/mol. The van der Waals surface area contributed by atoms with Gasteiger partial charge in [-0.15, -0.1) is 0 Å². The lowest BCUT2D eigenvalue weighted by molar-refractivity contribution is -0.116. The van der Waals surface area contributed by atoms with Crippen LogP contribution in [0.4, 0.5) is 5.82 Å². The molecule has 1 fully saturated rings. The fourth-order valence-corrected chi connectivity index (χ4v) is 2.36. The first-order chi connectivity index (χ1) is 8.63. The Morgan fingerprint density at radius 3 is 3.00 bits per heavy atom. The summed E-state index contributed by atoms with van der Waals surface area (Å²) in [4.78, 5) is 19.3. The summed E-state index contributed by atoms with van der Waals surface area (Å²) in [6.07, 6.45) is 2.50. The lowest BCUT2D eigenvalue weighted by Gasteiger charge is -2.08. The van der Waals surface area contributed by atoms with Crippen LogP contribution in [0.3, 0.4) is 0 Å². The molecule has 0 aliphatic carbocycles. The minimum atomic E-state index is -0.0762. The Hall–Kier alpha value is -0.910. The van der Waals surface area contributed by atoms with E-state index in [1.54, 1.807) is 0 Å². The molecule has 1 saturated heterocycles. The van der Waals surface area contributed by atoms with Gasteiger partial charge in [0.25, 0.3) is 0 Å². The largest absolute Gasteiger partial charge is 0.316 e. The number of aromatic nitrogens is 2. The van der Waals surface area contributed by atoms with E-state index in [4.69, 9.17) is 23.2 Å². The summed E-state index contributed by atoms with van der Waals surface area (Å²) in [6.45, 7) is 2.04. The van der Waals surface area contributed by atoms with Crippen molar-refractivity contribution in [2.45, 2.75) is 19.3 Å². The van der Waals surface area contributed by atoms with Crippen LogP contribution in [0.5, 0.6) is 0 Å². The van der Waals surface area contributed by atoms with Crippen LogP contribution in [0.1, 0.15) is 19.3 Å². The highest BCUT2D eigenvalue weighted by Gasteiger charge is 2.16. The van der Waals surface area contributed by atoms with Gasteiger partial charge in [0.15, 0.2) is 0 Å². The topological polar surface area (TPSA) is 66.9 Å². The maximum atomic E-state index is 11.7. The van der Waals surface area contributed by atoms with Gasteiger partial charge in [0.05, 0.1) is 0 Å². The van der Waals surface area contributed by atoms with Crippen molar-refractivity contribution in [1.82, 2.24) is 15.3 Å². The number of anilines is 1. The monoisotopic (exact) mass is 288 g/mol. The van der Waals surface area contributed by atoms with E-state index in [9.17, 15) is 4.79 Å². The molecule has 0 radical (unpaired) electrons. The molecule has 7 heteroatoms. The fraction of sp³-hybridized carbons (Fsp3) is 0.545. The van der Waals surface area contributed by atoms with Crippen LogP contribution in [0, 0.1) is 5.92 Å². The molecule has 2 heterocycles. The summed E-state index contributed by atoms with van der Waals surface area (Å²) >= 11 is 11.4. The summed E-state index contributed by atoms with van der Waals surface area (Å²) in [6, 6.07) is 1.47. The maximum Gasteiger partial charge on any atom is 0.225 e. The standard InChI is InChI=1S/C11H14Cl2N4O/c12-8-5-9(17-11(13)15-8)16-10(18)2-1-7-3-4-14-6-7/h5,7,14H,1-4,6H2,(H,15,16,17,18). The van der Waals surface area contributed by atoms with E-state index in [2.05, 4.69) is 20.6 Å². The van der Waals surface area contributed by atoms with Crippen LogP contribution in [-0.2, 0) is 4.79 Å². The molecule has 2 rings (SSSR count). The smallest absolute Gasteiger partial charge is 0.225 e. The van der Waals surface area contributed by atoms with Gasteiger partial charge in [0, 0.05) is 12.5 Å². The van der Waals surface area contributed by atoms with Crippen molar-refractivity contribution in [3.8, 4) is 0 Å². The highest BCUT2D eigenvalue weighted by Crippen LogP contribution is 2.17. The number of amides is 1. The van der Waals surface area contributed by atoms with E-state index in [0.29, 0.717) is 18.2 Å². The molecule has 5 nitrogen and oxygen atoms in total. The molecular formula is C11H14Cl2N4O. The average Bonchev–Trinajstić information content (AvgIpc) is 2.77. The first-order valence-electron chi connectivity index (χ1n) is 5.84. The SMILES string of the molecule is O=C(CCC1CCNC1)Nc1cc(Cl)nc(Cl)n1. The second-order valence-electron chi connectivity index (χ2n) is 4.29. The van der Waals surface area contributed by atoms with Gasteiger partial charge in [-0.1, -0.05) is 11.6 Å². The zero-order chi connectivity index (χ0) is 13.0. The molecule has 98 valence electrons. The third-order valence-electron chi connectivity index (χ3n) is 2.88. The number of carbonyl (C=O) groups excluding carboxylic acids is 1. The summed E-state index contributed by atoms with van der Waals surface area (Å²) in [5.41, 5.74) is 0. The molecule has 1 atom stereocenters. The molecule has 0 saturated carbocycles. The van der Waals surface area contributed by atoms with E-state index in [1.807, 2.05) is 0 Å². The summed E-state index contributed by atoms with van der Waals surface area (Å²) < 4.78 is 0. The molecule has 0 spiro atoms. The predicted octanol–water partition coefficient (Wildman–Crippen LogP) is 2.11. The number of hydrogen-bond donors (Lipinski definition) is 2. The first kappa shape index (κ1) is 13.5. The molecule has 2 N–H and O–H groups in total. The quantitative estimate of drug-likeness (QED) is 0.658. The Morgan fingerprint density at radius 2 is 2.33 bits per heavy atom. The predicted molar refractivity (Wildman–Crippen MR) is 70.9 cm³/mol. The van der Waals surface area contributed by atoms with Crippen molar-refractivity contribution in [2.24, 2.45) is 5.92 Å². The number of nitrogens with one attached hydrogen (secondary N) is 2. The second-order valence-corrected chi connectivity index (χ2v) is 5.02. The van der Waals surface area contributed by atoms with E-state index in [-0.39, 0.29) is 16.3 Å². The van der Waals surface area contributed by atoms with Gasteiger partial charge < -0.3 is 10.6 Å². The fourth-order valence-electron chi connectivity index (χ4n) is 1.96. The summed E-state index contributed by atoms with van der Waals surface area (Å²) in [5.74, 6) is 0.857. The highest BCUT2D eigenvalue weighted by molar-refractivity contribution is 6.32. The van der Waals surface area contributed by atoms with Gasteiger partial charge >= 0.3 is 0 Å². The van der Waals surface area contributed by atoms with Gasteiger partial charge in [-0.25, -0.2) is 9.97 Å². The van der Waals surface area contributed by atoms with Crippen LogP contribution in [0.25, 0.3) is 0 Å². The lowest BCUT2D eigenvalue weighted by Crippen LogP contribution is -2.15. The van der Waals surface area contributed by atoms with Gasteiger partial charge in [0.1, 0.15) is 11.0 Å². The van der Waals surface area contributed by atoms with Crippen molar-refractivity contribution in [2.75, 3.05) is 18.4 Å². The Labute approximate surface area is 115 Å². The van der Waals surface area contributed by atoms with Crippen molar-refractivity contribution in [3.05, 3.63) is 16.5 Å². The summed E-state index contributed by atoms with van der Waals surface area (Å²) in [7, 11) is 0. The number of carbonyl (C=O) groups is 1. The lowest BCUT2D eigenvalue weighted by atomic mass is 10.0. The molecule has 0 bridgehead atoms. The molecule has 0 aromatic carbocycles. The first-order valence-corrected chi connectivity index (χ1v) is 6.60. The Kier molecular flexibility index (Phi) is 4.74. The van der Waals surface area contributed by atoms with Crippen LogP contribution >= 0.6 is 23.2 Å². The normalized spacial score (nSPS) is 18.9. The summed E-state index contributed by atoms with van der Waals surface area (Å²) in [5, 5.41) is 6.18. The molecule has 1 aromatic heterocycles. The number of halogens is 2. The second kappa shape index (κ2) is 6.31. The van der Waals surface area contributed by atoms with Gasteiger partial charge in [-0.3, -0.25) is 4.79 Å². The highest BCUT2D eigenvalue weighted by atomic mass is 35.5. The third kappa shape index (κ3) is 4.08. The van der Waals surface area contributed by atoms with Crippen molar-refractivity contribution in [3.63, 3.8) is 0 Å². The van der Waals surface area contributed by atoms with Crippen LogP contribution < -0.4 is 10.6 Å². The Morgan fingerprint density at radius 1 is 1.50 bits per heavy atom. The van der Waals surface area contributed by atoms with E-state index < -0.39 is 0 Å². The molecule has 1 amide bonds. The molecule has 18 heavy (non-hydrogen) atoms. The van der Waals surface area contributed by atoms with Gasteiger partial charge in [-0.05, 0) is 43.5 Å². The Balaban J connectivity index is 1.82. The van der Waals surface area contributed by atoms with Crippen LogP contribution in [0.2, 0.25) is 10.4 Å². The number of rotatable bonds is 4. The van der Waals surface area contributed by atoms with Crippen LogP contribution in [0.15, 0.2) is 6.07 Å². The third-order valence-corrected chi connectivity index (χ3v) is 3.24. The van der Waals surface area contributed by atoms with Gasteiger partial charge in [0.2, 0.25) is 11.2 Å². The maximum absolute atomic E-state index is 11.7. The molecule has 1 aliphatic rings. The van der Waals surface area contributed by atoms with E-state index in [0.717, 1.165) is 25.9 Å². The molecule has 1 aliphatic heterocycles. The molecule has 1 aromatic rings. The van der Waals surface area contributed by atoms with E-state index in [1.165, 1.54) is 6.07 Å². The minimum Gasteiger partial charge on any atom is -0.316 e. The van der Waals surface area contributed by atoms with Crippen molar-refractivity contribution < 1.29 is 4.79 Å². The average molecular weight is 289 g/mol. The minimum absolute atomic E-state index is 0.0257. The van der Waals surface area contributed by atoms with Crippen molar-refractivity contribution >= 4 is 34.9 Å². The van der Waals surface area contributed by atoms with E-state index >= 15 is 0 Å². The van der Waals surface area contributed by atoms with Crippen LogP contribution in [-0.4, -0.2) is 29.0 Å². The van der Waals surface area contributed by atoms with Crippen molar-refractivity contribution in [1.29, 1.82) is 0 Å². The zero-order valence-electron chi connectivity index (χ0n) is 9.75.